The molecule has 2 nitrogen and oxygen atoms in total. The highest BCUT2D eigenvalue weighted by atomic mass is 33.6. The highest BCUT2D eigenvalue weighted by molar-refractivity contribution is 8.87. The van der Waals surface area contributed by atoms with Crippen molar-refractivity contribution >= 4 is 926 Å². The van der Waals surface area contributed by atoms with Crippen LogP contribution in [0.2, 0.25) is 0 Å². The van der Waals surface area contributed by atoms with E-state index in [0.717, 1.165) is 44.4 Å². The van der Waals surface area contributed by atoms with E-state index in [0.29, 0.717) is 0 Å². The fraction of sp³-hybridized carbons (Fsp3) is 0. The topological polar surface area (TPSA) is 25.2 Å². The van der Waals surface area contributed by atoms with Crippen LogP contribution in [0.25, 0.3) is 44.2 Å². The summed E-state index contributed by atoms with van der Waals surface area (Å²) in [7, 11) is 177. The molecule has 0 fully saturated rings. The van der Waals surface area contributed by atoms with Crippen LogP contribution in [0.5, 0.6) is 0 Å². The number of anilines is 2. The van der Waals surface area contributed by atoms with Gasteiger partial charge in [0, 0.05) is 920 Å². The van der Waals surface area contributed by atoms with Crippen LogP contribution in [-0.4, -0.2) is 0 Å². The summed E-state index contributed by atoms with van der Waals surface area (Å²) in [6, 6.07) is 42.0. The van der Waals surface area contributed by atoms with Crippen LogP contribution in [0.3, 0.4) is 0 Å². The van der Waals surface area contributed by atoms with Crippen molar-refractivity contribution < 1.29 is 4.42 Å². The highest BCUT2D eigenvalue weighted by Crippen LogP contribution is 2.36. The smallest absolute Gasteiger partial charge is 0.143 e. The molecule has 1 aromatic heterocycles. The van der Waals surface area contributed by atoms with Gasteiger partial charge < -0.3 is 9.73 Å². The summed E-state index contributed by atoms with van der Waals surface area (Å²) in [5.74, 6) is 0. The van der Waals surface area contributed by atoms with E-state index in [2.05, 4.69) is 108 Å². The van der Waals surface area contributed by atoms with Gasteiger partial charge in [0.25, 0.3) is 0 Å². The van der Waals surface area contributed by atoms with Crippen molar-refractivity contribution in [2.45, 2.75) is 0 Å². The molecule has 102 heteroatoms. The molecule has 0 aliphatic heterocycles. The molecule has 0 bridgehead atoms. The van der Waals surface area contributed by atoms with E-state index < -0.39 is 0 Å². The predicted molar refractivity (Wildman–Crippen MR) is 871 cm³/mol. The van der Waals surface area contributed by atoms with Crippen molar-refractivity contribution in [2.24, 2.45) is 0 Å². The number of furan rings is 1. The van der Waals surface area contributed by atoms with Crippen molar-refractivity contribution in [3.63, 3.8) is 0 Å². The number of rotatable bonds is 4. The molecule has 5 aromatic carbocycles. The first-order chi connectivity index (χ1) is 65.8. The lowest BCUT2D eigenvalue weighted by atomic mass is 10.0. The summed E-state index contributed by atoms with van der Waals surface area (Å²) in [5, 5.41) is 5.80. The van der Waals surface area contributed by atoms with Crippen LogP contribution in [-0.2, 0) is 893 Å². The van der Waals surface area contributed by atoms with Gasteiger partial charge in [0.2, 0.25) is 0 Å². The molecule has 0 unspecified atom stereocenters. The van der Waals surface area contributed by atoms with Crippen molar-refractivity contribution in [1.82, 2.24) is 0 Å². The molecule has 0 saturated heterocycles. The Kier molecular flexibility index (Phi) is 122. The molecular formula is C30H21NOS100. The minimum absolute atomic E-state index is 0.923. The number of benzene rings is 5. The summed E-state index contributed by atoms with van der Waals surface area (Å²) in [5.41, 5.74) is 8.67. The van der Waals surface area contributed by atoms with Gasteiger partial charge in [-0.25, -0.2) is 0 Å². The maximum absolute atomic E-state index is 6.20. The molecule has 6 rings (SSSR count). The Hall–Kier alpha value is 17.7. The van der Waals surface area contributed by atoms with Gasteiger partial charge in [-0.3, -0.25) is 0 Å². The molecule has 0 atom stereocenters. The fourth-order valence-electron chi connectivity index (χ4n) is 5.34. The van der Waals surface area contributed by atoms with Crippen molar-refractivity contribution in [1.29, 1.82) is 0 Å². The lowest BCUT2D eigenvalue weighted by Gasteiger charge is -2.09. The van der Waals surface area contributed by atoms with E-state index in [9.17, 15) is 0 Å². The lowest BCUT2D eigenvalue weighted by molar-refractivity contribution is 0.670. The molecule has 0 amide bonds. The third-order valence-electron chi connectivity index (χ3n) is 8.58. The summed E-state index contributed by atoms with van der Waals surface area (Å²) < 4.78 is 6.20. The van der Waals surface area contributed by atoms with Crippen LogP contribution >= 0.6 is 0 Å². The van der Waals surface area contributed by atoms with Crippen LogP contribution in [0.4, 0.5) is 11.4 Å². The highest BCUT2D eigenvalue weighted by Gasteiger charge is 2.11. The van der Waals surface area contributed by atoms with Gasteiger partial charge in [0.15, 0.2) is 0 Å². The first kappa shape index (κ1) is 140. The maximum atomic E-state index is 6.20. The number of hydrogen-bond donors (Lipinski definition) is 1. The second-order valence-electron chi connectivity index (χ2n) is 14.6. The molecule has 752 valence electrons. The Morgan fingerprint density at radius 3 is 0.515 bits per heavy atom. The minimum Gasteiger partial charge on any atom is -0.455 e. The van der Waals surface area contributed by atoms with Crippen molar-refractivity contribution in [3.05, 3.63) is 121 Å². The van der Waals surface area contributed by atoms with E-state index in [1.165, 1.54) is 28.9 Å². The fourth-order valence-corrected chi connectivity index (χ4v) is 269. The van der Waals surface area contributed by atoms with Gasteiger partial charge in [0.1, 0.15) is 11.2 Å². The van der Waals surface area contributed by atoms with Crippen LogP contribution in [0.15, 0.2) is 126 Å². The minimum atomic E-state index is 0.923. The van der Waals surface area contributed by atoms with Gasteiger partial charge in [-0.15, -0.1) is 0 Å². The zero-order valence-electron chi connectivity index (χ0n) is 58.3. The molecule has 0 aliphatic carbocycles. The largest absolute Gasteiger partial charge is 0.455 e. The van der Waals surface area contributed by atoms with E-state index >= 15 is 0 Å². The van der Waals surface area contributed by atoms with Crippen molar-refractivity contribution in [3.8, 4) is 22.3 Å². The quantitative estimate of drug-likeness (QED) is 0.192. The Morgan fingerprint density at radius 2 is 0.311 bits per heavy atom. The average Bonchev–Trinajstić information content (AvgIpc) is 1.62. The van der Waals surface area contributed by atoms with Gasteiger partial charge in [-0.1, -0.05) is 91.0 Å². The van der Waals surface area contributed by atoms with Gasteiger partial charge in [-0.2, -0.15) is 0 Å². The van der Waals surface area contributed by atoms with Gasteiger partial charge in [0.05, 0.1) is 0 Å². The first-order valence-corrected chi connectivity index (χ1v) is 159. The van der Waals surface area contributed by atoms with E-state index in [1.807, 2.05) is 764 Å². The third kappa shape index (κ3) is 90.2. The monoisotopic (exact) mass is 3610 g/mol. The lowest BCUT2D eigenvalue weighted by Crippen LogP contribution is -1.90. The van der Waals surface area contributed by atoms with E-state index in [1.54, 1.807) is 107 Å². The van der Waals surface area contributed by atoms with Crippen molar-refractivity contribution in [2.75, 3.05) is 5.32 Å². The van der Waals surface area contributed by atoms with E-state index in [-0.39, 0.29) is 0 Å². The Labute approximate surface area is 1050 Å². The Bertz CT molecular complexity index is 9990. The molecule has 0 radical (unpaired) electrons. The molecule has 132 heavy (non-hydrogen) atoms. The SMILES string of the molecule is S=S=S=S=S=S=S=S=S=S=S=S=S=S=S=S=S=S=S=S=S=S=S=S=S=S=S=S=S=S=S=S=S=S=S=S=S=S=S=S=S=S=S=S=S=S=S=S=S=S=S=S=S=S=S=S=S=S=S=S=S=S=S=S=S=S=S=S=S=S=S=S=S=S=S=S=S=S=S=S=S=S=S=S=S=S=S=S=S=S=S=S=S=S=S=S=S=S=S=S.c1ccc(-c2ccc(Nc3ccc(-c4cccc5c4oc4ccccc45)cc3)cc2)cc1. The van der Waals surface area contributed by atoms with Gasteiger partial charge >= 0.3 is 0 Å². The summed E-state index contributed by atoms with van der Waals surface area (Å²) in [6.45, 7) is 0. The summed E-state index contributed by atoms with van der Waals surface area (Å²) in [4.78, 5) is 0. The molecule has 1 N–H and O–H groups in total. The van der Waals surface area contributed by atoms with Crippen LogP contribution in [0.1, 0.15) is 0 Å². The maximum Gasteiger partial charge on any atom is 0.143 e. The standard InChI is InChI=1S/C30H21NO.S100/c1-2-7-21(8-3-1)22-13-17-24(18-14-22)31-25-19-15-23(16-20-25)26-10-6-11-28-27-9-4-5-12-29(27)32-30(26)28;1-3-5-7-9-11-13-15-17-19-21-23-25-27-29-31-33-35-37-39-41-43-45-47-49-51-53-55-57-59-61-63-65-67-69-71-73-75-77-79-81-83-85-87-89-91-93-95-97-99-100-98-96-94-92-90-88-86-84-82-80-78-76-74-72-70-68-66-64-62-60-58-56-54-52-50-48-46-44-42-40-38-36-34-32-30-28-26-24-22-20-18-16-14-12-10-8-6-4-2/h1-20,31H;. The molecule has 6 aromatic rings. The average molecular weight is 3620 g/mol. The molecule has 1 heterocycles. The zero-order valence-corrected chi connectivity index (χ0v) is 140. The Morgan fingerprint density at radius 1 is 0.144 bits per heavy atom. The Balaban J connectivity index is 0.000000785. The molecule has 0 spiro atoms. The number of para-hydroxylation sites is 2. The van der Waals surface area contributed by atoms with Gasteiger partial charge in [-0.05, 0) is 47.0 Å². The van der Waals surface area contributed by atoms with E-state index in [4.69, 9.17) is 26.8 Å². The second-order valence-corrected chi connectivity index (χ2v) is 188. The summed E-state index contributed by atoms with van der Waals surface area (Å²) in [6.07, 6.45) is 0. The predicted octanol–water partition coefficient (Wildman–Crippen LogP) is 8.42. The molecular weight excluding hydrogens is 3600 g/mol. The number of nitrogens with one attached hydrogen (secondary N) is 1. The third-order valence-corrected chi connectivity index (χ3v) is 224. The number of fused-ring (bicyclic) bond motifs is 3. The van der Waals surface area contributed by atoms with Crippen LogP contribution < -0.4 is 5.32 Å². The molecule has 0 aliphatic rings. The van der Waals surface area contributed by atoms with Crippen LogP contribution in [0, 0.1) is 0 Å². The second kappa shape index (κ2) is 115. The molecule has 0 saturated carbocycles. The zero-order chi connectivity index (χ0) is 92.6. The summed E-state index contributed by atoms with van der Waals surface area (Å²) >= 11 is 9.66. The first-order valence-electron chi connectivity index (χ1n) is 27.3. The normalized spacial score (nSPS) is 8.67. The number of hydrogen-bond acceptors (Lipinski definition) is 4.